The van der Waals surface area contributed by atoms with Crippen LogP contribution in [0.2, 0.25) is 5.02 Å². The molecule has 1 aromatic heterocycles. The van der Waals surface area contributed by atoms with E-state index in [0.29, 0.717) is 13.1 Å². The second kappa shape index (κ2) is 10.9. The molecule has 1 aromatic carbocycles. The fourth-order valence-electron chi connectivity index (χ4n) is 2.93. The number of hydrogen-bond donors (Lipinski definition) is 1. The first-order chi connectivity index (χ1) is 12.3. The summed E-state index contributed by atoms with van der Waals surface area (Å²) in [5.41, 5.74) is 2.02. The van der Waals surface area contributed by atoms with E-state index in [1.165, 1.54) is 6.07 Å². The smallest absolute Gasteiger partial charge is 0.193 e. The number of halogens is 3. The van der Waals surface area contributed by atoms with Gasteiger partial charge in [0.1, 0.15) is 5.82 Å². The number of guanidine groups is 1. The van der Waals surface area contributed by atoms with Crippen molar-refractivity contribution in [1.29, 1.82) is 0 Å². The Kier molecular flexibility index (Phi) is 9.55. The molecule has 0 amide bonds. The molecule has 0 spiro atoms. The van der Waals surface area contributed by atoms with Gasteiger partial charge in [0.25, 0.3) is 0 Å². The van der Waals surface area contributed by atoms with Crippen LogP contribution in [0.3, 0.4) is 0 Å². The molecule has 5 nitrogen and oxygen atoms in total. The number of rotatable bonds is 6. The van der Waals surface area contributed by atoms with Gasteiger partial charge in [-0.3, -0.25) is 4.99 Å². The Morgan fingerprint density at radius 2 is 2.00 bits per heavy atom. The van der Waals surface area contributed by atoms with Gasteiger partial charge in [-0.1, -0.05) is 23.7 Å². The summed E-state index contributed by atoms with van der Waals surface area (Å²) in [5.74, 6) is 0.544. The summed E-state index contributed by atoms with van der Waals surface area (Å²) in [4.78, 5) is 8.45. The van der Waals surface area contributed by atoms with Gasteiger partial charge in [-0.2, -0.15) is 0 Å². The number of aromatic nitrogens is 1. The van der Waals surface area contributed by atoms with E-state index in [1.54, 1.807) is 19.2 Å². The normalized spacial score (nSPS) is 12.7. The Hall–Kier alpha value is -1.32. The summed E-state index contributed by atoms with van der Waals surface area (Å²) in [6.45, 7) is 1.29. The molecule has 0 saturated heterocycles. The van der Waals surface area contributed by atoms with Gasteiger partial charge >= 0.3 is 0 Å². The molecule has 1 heterocycles. The highest BCUT2D eigenvalue weighted by atomic mass is 127. The van der Waals surface area contributed by atoms with E-state index in [9.17, 15) is 4.39 Å². The van der Waals surface area contributed by atoms with Crippen LogP contribution >= 0.6 is 35.6 Å². The van der Waals surface area contributed by atoms with E-state index in [-0.39, 0.29) is 35.8 Å². The lowest BCUT2D eigenvalue weighted by atomic mass is 10.1. The zero-order valence-electron chi connectivity index (χ0n) is 16.4. The van der Waals surface area contributed by atoms with Crippen molar-refractivity contribution in [3.05, 3.63) is 58.6 Å². The summed E-state index contributed by atoms with van der Waals surface area (Å²) in [6.07, 6.45) is 1.88. The van der Waals surface area contributed by atoms with E-state index in [0.717, 1.165) is 22.2 Å². The van der Waals surface area contributed by atoms with E-state index >= 15 is 0 Å². The molecule has 8 heteroatoms. The SMILES string of the molecule is CN=C(NCC(c1cccc(F)c1)N(C)C)N(C)Cc1cc(Cl)cn1C.I. The molecule has 0 aliphatic heterocycles. The highest BCUT2D eigenvalue weighted by Crippen LogP contribution is 2.18. The van der Waals surface area contributed by atoms with Crippen molar-refractivity contribution in [2.45, 2.75) is 12.6 Å². The number of likely N-dealkylation sites (N-methyl/N-ethyl adjacent to an activating group) is 1. The molecule has 27 heavy (non-hydrogen) atoms. The van der Waals surface area contributed by atoms with Crippen LogP contribution in [0, 0.1) is 5.82 Å². The lowest BCUT2D eigenvalue weighted by Crippen LogP contribution is -2.42. The van der Waals surface area contributed by atoms with Crippen molar-refractivity contribution in [1.82, 2.24) is 19.7 Å². The maximum atomic E-state index is 13.6. The third kappa shape index (κ3) is 6.65. The lowest BCUT2D eigenvalue weighted by Gasteiger charge is -2.28. The summed E-state index contributed by atoms with van der Waals surface area (Å²) < 4.78 is 15.6. The third-order valence-electron chi connectivity index (χ3n) is 4.36. The first-order valence-electron chi connectivity index (χ1n) is 8.46. The summed E-state index contributed by atoms with van der Waals surface area (Å²) in [6, 6.07) is 8.68. The van der Waals surface area contributed by atoms with Gasteiger partial charge in [0.05, 0.1) is 17.6 Å². The standard InChI is InChI=1S/C19H27ClFN5.HI/c1-22-19(26(5)13-17-10-15(20)12-25(17)4)23-11-18(24(2)3)14-7-6-8-16(21)9-14;/h6-10,12,18H,11,13H2,1-5H3,(H,22,23);1H. The Morgan fingerprint density at radius 1 is 1.30 bits per heavy atom. The van der Waals surface area contributed by atoms with Gasteiger partial charge in [0.15, 0.2) is 5.96 Å². The van der Waals surface area contributed by atoms with Crippen LogP contribution in [0.4, 0.5) is 4.39 Å². The molecule has 0 aliphatic carbocycles. The summed E-state index contributed by atoms with van der Waals surface area (Å²) in [7, 11) is 9.66. The summed E-state index contributed by atoms with van der Waals surface area (Å²) in [5, 5.41) is 4.10. The number of nitrogens with zero attached hydrogens (tertiary/aromatic N) is 4. The van der Waals surface area contributed by atoms with Gasteiger partial charge in [-0.25, -0.2) is 4.39 Å². The average molecular weight is 508 g/mol. The van der Waals surface area contributed by atoms with Gasteiger partial charge < -0.3 is 19.7 Å². The van der Waals surface area contributed by atoms with Crippen molar-refractivity contribution in [3.63, 3.8) is 0 Å². The van der Waals surface area contributed by atoms with Crippen molar-refractivity contribution in [2.24, 2.45) is 12.0 Å². The maximum Gasteiger partial charge on any atom is 0.193 e. The van der Waals surface area contributed by atoms with Crippen LogP contribution < -0.4 is 5.32 Å². The fraction of sp³-hybridized carbons (Fsp3) is 0.421. The second-order valence-corrected chi connectivity index (χ2v) is 7.02. The minimum atomic E-state index is -0.226. The van der Waals surface area contributed by atoms with Crippen molar-refractivity contribution in [3.8, 4) is 0 Å². The van der Waals surface area contributed by atoms with Crippen LogP contribution in [0.1, 0.15) is 17.3 Å². The van der Waals surface area contributed by atoms with E-state index < -0.39 is 0 Å². The maximum absolute atomic E-state index is 13.6. The third-order valence-corrected chi connectivity index (χ3v) is 4.56. The van der Waals surface area contributed by atoms with Gasteiger partial charge in [-0.05, 0) is 37.9 Å². The molecule has 1 unspecified atom stereocenters. The predicted molar refractivity (Wildman–Crippen MR) is 121 cm³/mol. The molecular weight excluding hydrogens is 480 g/mol. The van der Waals surface area contributed by atoms with Gasteiger partial charge in [0.2, 0.25) is 0 Å². The zero-order valence-corrected chi connectivity index (χ0v) is 19.5. The van der Waals surface area contributed by atoms with Gasteiger partial charge in [0, 0.05) is 39.6 Å². The average Bonchev–Trinajstić information content (AvgIpc) is 2.88. The van der Waals surface area contributed by atoms with Crippen molar-refractivity contribution >= 4 is 41.5 Å². The number of aryl methyl sites for hydroxylation is 1. The number of aliphatic imine (C=N–C) groups is 1. The largest absolute Gasteiger partial charge is 0.354 e. The number of hydrogen-bond acceptors (Lipinski definition) is 2. The molecule has 0 aliphatic rings. The van der Waals surface area contributed by atoms with Crippen molar-refractivity contribution < 1.29 is 4.39 Å². The molecular formula is C19H28ClFIN5. The number of nitrogens with one attached hydrogen (secondary N) is 1. The molecule has 0 fully saturated rings. The highest BCUT2D eigenvalue weighted by molar-refractivity contribution is 14.0. The number of benzene rings is 1. The predicted octanol–water partition coefficient (Wildman–Crippen LogP) is 3.75. The Labute approximate surface area is 183 Å². The first-order valence-corrected chi connectivity index (χ1v) is 8.84. The quantitative estimate of drug-likeness (QED) is 0.368. The van der Waals surface area contributed by atoms with E-state index in [4.69, 9.17) is 11.6 Å². The minimum Gasteiger partial charge on any atom is -0.354 e. The highest BCUT2D eigenvalue weighted by Gasteiger charge is 2.17. The molecule has 0 bridgehead atoms. The first kappa shape index (κ1) is 23.7. The molecule has 2 aromatic rings. The molecule has 1 atom stereocenters. The lowest BCUT2D eigenvalue weighted by molar-refractivity contribution is 0.294. The molecule has 2 rings (SSSR count). The monoisotopic (exact) mass is 507 g/mol. The van der Waals surface area contributed by atoms with Crippen LogP contribution in [-0.2, 0) is 13.6 Å². The Bertz CT molecular complexity index is 762. The minimum absolute atomic E-state index is 0. The van der Waals surface area contributed by atoms with Crippen LogP contribution in [0.25, 0.3) is 0 Å². The molecule has 1 N–H and O–H groups in total. The van der Waals surface area contributed by atoms with Crippen LogP contribution in [0.15, 0.2) is 41.5 Å². The van der Waals surface area contributed by atoms with E-state index in [1.807, 2.05) is 56.0 Å². The fourth-order valence-corrected chi connectivity index (χ4v) is 3.20. The topological polar surface area (TPSA) is 35.8 Å². The van der Waals surface area contributed by atoms with Crippen LogP contribution in [0.5, 0.6) is 0 Å². The molecule has 0 radical (unpaired) electrons. The molecule has 0 saturated carbocycles. The molecule has 150 valence electrons. The van der Waals surface area contributed by atoms with E-state index in [2.05, 4.69) is 15.2 Å². The Balaban J connectivity index is 0.00000364. The van der Waals surface area contributed by atoms with Crippen LogP contribution in [-0.4, -0.2) is 55.1 Å². The zero-order chi connectivity index (χ0) is 19.3. The summed E-state index contributed by atoms with van der Waals surface area (Å²) >= 11 is 6.06. The Morgan fingerprint density at radius 3 is 2.52 bits per heavy atom. The van der Waals surface area contributed by atoms with Gasteiger partial charge in [-0.15, -0.1) is 24.0 Å². The van der Waals surface area contributed by atoms with Crippen molar-refractivity contribution in [2.75, 3.05) is 34.7 Å². The second-order valence-electron chi connectivity index (χ2n) is 6.58.